The highest BCUT2D eigenvalue weighted by Gasteiger charge is 2.42. The Kier molecular flexibility index (Phi) is 5.25. The molecule has 2 aliphatic rings. The van der Waals surface area contributed by atoms with E-state index in [-0.39, 0.29) is 23.8 Å². The summed E-state index contributed by atoms with van der Waals surface area (Å²) in [7, 11) is 1.68. The predicted octanol–water partition coefficient (Wildman–Crippen LogP) is 4.13. The van der Waals surface area contributed by atoms with Crippen molar-refractivity contribution in [2.24, 2.45) is 4.99 Å². The summed E-state index contributed by atoms with van der Waals surface area (Å²) in [6.07, 6.45) is -3.20. The average Bonchev–Trinajstić information content (AvgIpc) is 3.46. The van der Waals surface area contributed by atoms with Crippen LogP contribution in [0.3, 0.4) is 0 Å². The van der Waals surface area contributed by atoms with Crippen molar-refractivity contribution in [3.63, 3.8) is 0 Å². The van der Waals surface area contributed by atoms with Crippen molar-refractivity contribution < 1.29 is 22.6 Å². The first kappa shape index (κ1) is 19.4. The third-order valence-electron chi connectivity index (χ3n) is 5.15. The van der Waals surface area contributed by atoms with E-state index in [2.05, 4.69) is 20.4 Å². The summed E-state index contributed by atoms with van der Waals surface area (Å²) in [4.78, 5) is 4.29. The first-order valence-corrected chi connectivity index (χ1v) is 9.51. The largest absolute Gasteiger partial charge is 0.573 e. The smallest absolute Gasteiger partial charge is 0.493 e. The summed E-state index contributed by atoms with van der Waals surface area (Å²) < 4.78 is 47.9. The number of hydrogen-bond donors (Lipinski definition) is 2. The van der Waals surface area contributed by atoms with Crippen LogP contribution in [0.2, 0.25) is 0 Å². The molecule has 0 spiro atoms. The number of alkyl halides is 3. The molecular formula is C21H22F3N3O2. The lowest BCUT2D eigenvalue weighted by Gasteiger charge is -2.28. The molecule has 5 nitrogen and oxygen atoms in total. The highest BCUT2D eigenvalue weighted by molar-refractivity contribution is 5.81. The number of nitrogens with zero attached hydrogens (tertiary/aromatic N) is 1. The van der Waals surface area contributed by atoms with Gasteiger partial charge in [0.05, 0.1) is 12.6 Å². The Balaban J connectivity index is 1.41. The van der Waals surface area contributed by atoms with E-state index in [4.69, 9.17) is 4.74 Å². The summed E-state index contributed by atoms with van der Waals surface area (Å²) in [5.74, 6) is 1.27. The van der Waals surface area contributed by atoms with Crippen LogP contribution in [-0.2, 0) is 0 Å². The summed E-state index contributed by atoms with van der Waals surface area (Å²) in [6.45, 7) is 0.611. The van der Waals surface area contributed by atoms with E-state index in [1.807, 2.05) is 24.3 Å². The number of rotatable bonds is 4. The molecule has 0 bridgehead atoms. The van der Waals surface area contributed by atoms with E-state index in [1.54, 1.807) is 25.2 Å². The Bertz CT molecular complexity index is 901. The fraction of sp³-hybridized carbons (Fsp3) is 0.381. The van der Waals surface area contributed by atoms with Gasteiger partial charge in [0.25, 0.3) is 0 Å². The molecule has 4 rings (SSSR count). The lowest BCUT2D eigenvalue weighted by atomic mass is 10.0. The van der Waals surface area contributed by atoms with Gasteiger partial charge in [0.15, 0.2) is 5.96 Å². The van der Waals surface area contributed by atoms with Gasteiger partial charge in [-0.15, -0.1) is 13.2 Å². The summed E-state index contributed by atoms with van der Waals surface area (Å²) >= 11 is 0. The van der Waals surface area contributed by atoms with Crippen molar-refractivity contribution >= 4 is 5.96 Å². The van der Waals surface area contributed by atoms with E-state index < -0.39 is 6.36 Å². The van der Waals surface area contributed by atoms with Gasteiger partial charge >= 0.3 is 6.36 Å². The maximum Gasteiger partial charge on any atom is 0.573 e. The number of nitrogens with one attached hydrogen (secondary N) is 2. The Hall–Kier alpha value is -2.90. The summed E-state index contributed by atoms with van der Waals surface area (Å²) in [5, 5.41) is 6.72. The van der Waals surface area contributed by atoms with Crippen molar-refractivity contribution in [2.75, 3.05) is 13.7 Å². The van der Waals surface area contributed by atoms with E-state index in [0.717, 1.165) is 17.7 Å². The maximum absolute atomic E-state index is 12.7. The first-order valence-electron chi connectivity index (χ1n) is 9.51. The van der Waals surface area contributed by atoms with Crippen LogP contribution in [0.15, 0.2) is 53.5 Å². The quantitative estimate of drug-likeness (QED) is 0.593. The zero-order chi connectivity index (χ0) is 20.4. The SMILES string of the molecule is CN=C(NC1CCOc2ccccc21)NC1CC1c1ccccc1OC(F)(F)F. The fourth-order valence-corrected chi connectivity index (χ4v) is 3.71. The van der Waals surface area contributed by atoms with E-state index >= 15 is 0 Å². The van der Waals surface area contributed by atoms with E-state index in [9.17, 15) is 13.2 Å². The number of hydrogen-bond acceptors (Lipinski definition) is 3. The Labute approximate surface area is 166 Å². The molecule has 2 N–H and O–H groups in total. The van der Waals surface area contributed by atoms with Gasteiger partial charge in [-0.05, 0) is 24.1 Å². The second-order valence-corrected chi connectivity index (χ2v) is 7.12. The Morgan fingerprint density at radius 2 is 1.79 bits per heavy atom. The third kappa shape index (κ3) is 4.58. The van der Waals surface area contributed by atoms with Crippen LogP contribution in [-0.4, -0.2) is 32.0 Å². The van der Waals surface area contributed by atoms with Gasteiger partial charge in [-0.1, -0.05) is 36.4 Å². The maximum atomic E-state index is 12.7. The molecule has 2 aromatic carbocycles. The standard InChI is InChI=1S/C21H22F3N3O2/c1-25-20(26-16-10-11-28-18-8-4-3-7-14(16)18)27-17-12-15(17)13-6-2-5-9-19(13)29-21(22,23)24/h2-9,15-17H,10-12H2,1H3,(H2,25,26,27). The van der Waals surface area contributed by atoms with Gasteiger partial charge in [0.2, 0.25) is 0 Å². The third-order valence-corrected chi connectivity index (χ3v) is 5.15. The van der Waals surface area contributed by atoms with Gasteiger partial charge < -0.3 is 20.1 Å². The zero-order valence-electron chi connectivity index (χ0n) is 15.9. The van der Waals surface area contributed by atoms with Crippen LogP contribution >= 0.6 is 0 Å². The van der Waals surface area contributed by atoms with E-state index in [0.29, 0.717) is 24.6 Å². The van der Waals surface area contributed by atoms with Crippen LogP contribution in [0.25, 0.3) is 0 Å². The highest BCUT2D eigenvalue weighted by Crippen LogP contribution is 2.45. The van der Waals surface area contributed by atoms with Gasteiger partial charge in [-0.2, -0.15) is 0 Å². The van der Waals surface area contributed by atoms with Gasteiger partial charge in [-0.3, -0.25) is 4.99 Å². The van der Waals surface area contributed by atoms with Gasteiger partial charge in [0, 0.05) is 31.0 Å². The molecular weight excluding hydrogens is 383 g/mol. The number of guanidine groups is 1. The Morgan fingerprint density at radius 1 is 1.07 bits per heavy atom. The number of aliphatic imine (C=N–C) groups is 1. The second-order valence-electron chi connectivity index (χ2n) is 7.12. The monoisotopic (exact) mass is 405 g/mol. The topological polar surface area (TPSA) is 54.9 Å². The number of halogens is 3. The molecule has 8 heteroatoms. The number of benzene rings is 2. The highest BCUT2D eigenvalue weighted by atomic mass is 19.4. The molecule has 1 aliphatic carbocycles. The normalized spacial score (nSPS) is 23.6. The van der Waals surface area contributed by atoms with Crippen LogP contribution < -0.4 is 20.1 Å². The molecule has 0 saturated heterocycles. The predicted molar refractivity (Wildman–Crippen MR) is 103 cm³/mol. The first-order chi connectivity index (χ1) is 13.9. The molecule has 154 valence electrons. The van der Waals surface area contributed by atoms with Crippen molar-refractivity contribution in [3.05, 3.63) is 59.7 Å². The molecule has 3 atom stereocenters. The lowest BCUT2D eigenvalue weighted by molar-refractivity contribution is -0.274. The minimum Gasteiger partial charge on any atom is -0.493 e. The van der Waals surface area contributed by atoms with Crippen molar-refractivity contribution in [2.45, 2.75) is 37.2 Å². The summed E-state index contributed by atoms with van der Waals surface area (Å²) in [5.41, 5.74) is 1.62. The molecule has 0 amide bonds. The molecule has 0 radical (unpaired) electrons. The number of fused-ring (bicyclic) bond motifs is 1. The minimum atomic E-state index is -4.71. The Morgan fingerprint density at radius 3 is 2.55 bits per heavy atom. The van der Waals surface area contributed by atoms with Gasteiger partial charge in [0.1, 0.15) is 11.5 Å². The fourth-order valence-electron chi connectivity index (χ4n) is 3.71. The van der Waals surface area contributed by atoms with Gasteiger partial charge in [-0.25, -0.2) is 0 Å². The minimum absolute atomic E-state index is 0.00531. The number of para-hydroxylation sites is 2. The average molecular weight is 405 g/mol. The van der Waals surface area contributed by atoms with Crippen LogP contribution in [0.1, 0.15) is 35.9 Å². The molecule has 0 aromatic heterocycles. The molecule has 1 fully saturated rings. The second kappa shape index (κ2) is 7.85. The molecule has 3 unspecified atom stereocenters. The molecule has 1 heterocycles. The van der Waals surface area contributed by atoms with E-state index in [1.165, 1.54) is 6.07 Å². The molecule has 1 aliphatic heterocycles. The lowest BCUT2D eigenvalue weighted by Crippen LogP contribution is -2.42. The molecule has 29 heavy (non-hydrogen) atoms. The zero-order valence-corrected chi connectivity index (χ0v) is 15.9. The van der Waals surface area contributed by atoms with Crippen LogP contribution in [0.5, 0.6) is 11.5 Å². The van der Waals surface area contributed by atoms with Crippen LogP contribution in [0.4, 0.5) is 13.2 Å². The molecule has 1 saturated carbocycles. The van der Waals surface area contributed by atoms with Crippen molar-refractivity contribution in [1.82, 2.24) is 10.6 Å². The van der Waals surface area contributed by atoms with Crippen molar-refractivity contribution in [1.29, 1.82) is 0 Å². The van der Waals surface area contributed by atoms with Crippen molar-refractivity contribution in [3.8, 4) is 11.5 Å². The molecule has 2 aromatic rings. The summed E-state index contributed by atoms with van der Waals surface area (Å²) in [6, 6.07) is 14.2. The number of ether oxygens (including phenoxy) is 2. The van der Waals surface area contributed by atoms with Crippen LogP contribution in [0, 0.1) is 0 Å².